The second kappa shape index (κ2) is 7.32. The fourth-order valence-corrected chi connectivity index (χ4v) is 1.45. The Labute approximate surface area is 107 Å². The second-order valence-corrected chi connectivity index (χ2v) is 3.74. The minimum absolute atomic E-state index is 0.112. The molecule has 2 N–H and O–H groups in total. The lowest BCUT2D eigenvalue weighted by Gasteiger charge is -2.08. The number of esters is 1. The molecule has 1 aromatic carbocycles. The van der Waals surface area contributed by atoms with Crippen molar-refractivity contribution in [2.24, 2.45) is 0 Å². The summed E-state index contributed by atoms with van der Waals surface area (Å²) in [5, 5.41) is 5.79. The molecule has 0 fully saturated rings. The highest BCUT2D eigenvalue weighted by molar-refractivity contribution is 5.89. The Morgan fingerprint density at radius 3 is 2.67 bits per heavy atom. The average Bonchev–Trinajstić information content (AvgIpc) is 2.29. The van der Waals surface area contributed by atoms with Crippen molar-refractivity contribution >= 4 is 23.3 Å². The molecule has 1 aromatic rings. The monoisotopic (exact) mass is 250 g/mol. The van der Waals surface area contributed by atoms with Crippen molar-refractivity contribution in [1.29, 1.82) is 0 Å². The molecule has 0 aliphatic heterocycles. The highest BCUT2D eigenvalue weighted by Gasteiger charge is 2.01. The zero-order chi connectivity index (χ0) is 13.4. The molecule has 5 nitrogen and oxygen atoms in total. The molecule has 0 saturated heterocycles. The molecule has 0 saturated carbocycles. The van der Waals surface area contributed by atoms with Crippen molar-refractivity contribution < 1.29 is 14.3 Å². The second-order valence-electron chi connectivity index (χ2n) is 3.74. The number of rotatable bonds is 6. The highest BCUT2D eigenvalue weighted by Crippen LogP contribution is 2.14. The molecule has 0 atom stereocenters. The molecule has 5 heteroatoms. The lowest BCUT2D eigenvalue weighted by Crippen LogP contribution is -2.11. The number of anilines is 2. The van der Waals surface area contributed by atoms with Gasteiger partial charge >= 0.3 is 5.97 Å². The molecule has 0 spiro atoms. The molecule has 0 aliphatic rings. The minimum atomic E-state index is -0.219. The Kier molecular flexibility index (Phi) is 5.70. The summed E-state index contributed by atoms with van der Waals surface area (Å²) in [4.78, 5) is 22.0. The lowest BCUT2D eigenvalue weighted by molar-refractivity contribution is -0.142. The fraction of sp³-hybridized carbons (Fsp3) is 0.385. The Hall–Kier alpha value is -2.04. The van der Waals surface area contributed by atoms with Gasteiger partial charge in [-0.15, -0.1) is 0 Å². The molecule has 18 heavy (non-hydrogen) atoms. The molecule has 0 aromatic heterocycles. The summed E-state index contributed by atoms with van der Waals surface area (Å²) in [5.41, 5.74) is 1.58. The van der Waals surface area contributed by atoms with Crippen molar-refractivity contribution in [3.8, 4) is 0 Å². The van der Waals surface area contributed by atoms with Crippen molar-refractivity contribution in [2.45, 2.75) is 20.3 Å². The molecule has 0 bridgehead atoms. The number of hydrogen-bond acceptors (Lipinski definition) is 4. The van der Waals surface area contributed by atoms with E-state index in [2.05, 4.69) is 10.6 Å². The maximum absolute atomic E-state index is 11.1. The van der Waals surface area contributed by atoms with E-state index in [0.717, 1.165) is 11.4 Å². The molecule has 98 valence electrons. The highest BCUT2D eigenvalue weighted by atomic mass is 16.5. The van der Waals surface area contributed by atoms with Gasteiger partial charge in [0.25, 0.3) is 0 Å². The maximum atomic E-state index is 11.1. The van der Waals surface area contributed by atoms with Gasteiger partial charge in [-0.25, -0.2) is 0 Å². The quantitative estimate of drug-likeness (QED) is 0.758. The van der Waals surface area contributed by atoms with Crippen LogP contribution in [-0.4, -0.2) is 25.0 Å². The van der Waals surface area contributed by atoms with E-state index in [4.69, 9.17) is 4.74 Å². The van der Waals surface area contributed by atoms with Crippen LogP contribution < -0.4 is 10.6 Å². The Bertz CT molecular complexity index is 418. The first-order valence-electron chi connectivity index (χ1n) is 5.89. The SMILES string of the molecule is CCOC(=O)CCNc1cccc(NC(C)=O)c1. The van der Waals surface area contributed by atoms with Crippen LogP contribution >= 0.6 is 0 Å². The van der Waals surface area contributed by atoms with E-state index in [1.807, 2.05) is 18.2 Å². The van der Waals surface area contributed by atoms with E-state index >= 15 is 0 Å². The van der Waals surface area contributed by atoms with Gasteiger partial charge in [-0.05, 0) is 25.1 Å². The van der Waals surface area contributed by atoms with Crippen LogP contribution in [0.3, 0.4) is 0 Å². The van der Waals surface area contributed by atoms with Crippen LogP contribution in [0.15, 0.2) is 24.3 Å². The van der Waals surface area contributed by atoms with E-state index in [0.29, 0.717) is 19.6 Å². The average molecular weight is 250 g/mol. The van der Waals surface area contributed by atoms with Crippen molar-refractivity contribution in [1.82, 2.24) is 0 Å². The molecule has 0 heterocycles. The van der Waals surface area contributed by atoms with Crippen LogP contribution in [0, 0.1) is 0 Å². The van der Waals surface area contributed by atoms with Gasteiger partial charge in [0.15, 0.2) is 0 Å². The molecule has 0 unspecified atom stereocenters. The zero-order valence-electron chi connectivity index (χ0n) is 10.7. The van der Waals surface area contributed by atoms with Crippen LogP contribution in [0.1, 0.15) is 20.3 Å². The first kappa shape index (κ1) is 14.0. The summed E-state index contributed by atoms with van der Waals surface area (Å²) in [7, 11) is 0. The van der Waals surface area contributed by atoms with Gasteiger partial charge < -0.3 is 15.4 Å². The van der Waals surface area contributed by atoms with Crippen LogP contribution in [0.2, 0.25) is 0 Å². The topological polar surface area (TPSA) is 67.4 Å². The van der Waals surface area contributed by atoms with Gasteiger partial charge in [0.05, 0.1) is 13.0 Å². The lowest BCUT2D eigenvalue weighted by atomic mass is 10.2. The van der Waals surface area contributed by atoms with Crippen LogP contribution in [0.4, 0.5) is 11.4 Å². The number of amides is 1. The number of carbonyl (C=O) groups is 2. The van der Waals surface area contributed by atoms with E-state index in [-0.39, 0.29) is 11.9 Å². The van der Waals surface area contributed by atoms with E-state index in [9.17, 15) is 9.59 Å². The number of ether oxygens (including phenoxy) is 1. The fourth-order valence-electron chi connectivity index (χ4n) is 1.45. The Morgan fingerprint density at radius 2 is 2.00 bits per heavy atom. The van der Waals surface area contributed by atoms with Gasteiger partial charge in [0.2, 0.25) is 5.91 Å². The molecular formula is C13H18N2O3. The summed E-state index contributed by atoms with van der Waals surface area (Å²) in [6.45, 7) is 4.14. The Morgan fingerprint density at radius 1 is 1.28 bits per heavy atom. The van der Waals surface area contributed by atoms with Gasteiger partial charge in [-0.1, -0.05) is 6.07 Å². The minimum Gasteiger partial charge on any atom is -0.466 e. The number of nitrogens with one attached hydrogen (secondary N) is 2. The zero-order valence-corrected chi connectivity index (χ0v) is 10.7. The van der Waals surface area contributed by atoms with Gasteiger partial charge in [-0.3, -0.25) is 9.59 Å². The van der Waals surface area contributed by atoms with Gasteiger partial charge in [0.1, 0.15) is 0 Å². The molecule has 1 amide bonds. The van der Waals surface area contributed by atoms with Crippen molar-refractivity contribution in [2.75, 3.05) is 23.8 Å². The third kappa shape index (κ3) is 5.34. The van der Waals surface area contributed by atoms with Crippen LogP contribution in [0.5, 0.6) is 0 Å². The Balaban J connectivity index is 2.42. The molecule has 0 aliphatic carbocycles. The predicted octanol–water partition coefficient (Wildman–Crippen LogP) is 2.01. The predicted molar refractivity (Wildman–Crippen MR) is 70.5 cm³/mol. The summed E-state index contributed by atoms with van der Waals surface area (Å²) in [5.74, 6) is -0.332. The van der Waals surface area contributed by atoms with Crippen LogP contribution in [-0.2, 0) is 14.3 Å². The summed E-state index contributed by atoms with van der Waals surface area (Å²) >= 11 is 0. The first-order chi connectivity index (χ1) is 8.61. The third-order valence-corrected chi connectivity index (χ3v) is 2.15. The summed E-state index contributed by atoms with van der Waals surface area (Å²) < 4.78 is 4.82. The standard InChI is InChI=1S/C13H18N2O3/c1-3-18-13(17)7-8-14-11-5-4-6-12(9-11)15-10(2)16/h4-6,9,14H,3,7-8H2,1-2H3,(H,15,16). The van der Waals surface area contributed by atoms with Crippen molar-refractivity contribution in [3.05, 3.63) is 24.3 Å². The number of carbonyl (C=O) groups excluding carboxylic acids is 2. The largest absolute Gasteiger partial charge is 0.466 e. The van der Waals surface area contributed by atoms with E-state index < -0.39 is 0 Å². The van der Waals surface area contributed by atoms with Gasteiger partial charge in [0, 0.05) is 24.8 Å². The van der Waals surface area contributed by atoms with Crippen molar-refractivity contribution in [3.63, 3.8) is 0 Å². The normalized spacial score (nSPS) is 9.67. The summed E-state index contributed by atoms with van der Waals surface area (Å²) in [6, 6.07) is 7.32. The molecular weight excluding hydrogens is 232 g/mol. The number of hydrogen-bond donors (Lipinski definition) is 2. The van der Waals surface area contributed by atoms with Gasteiger partial charge in [-0.2, -0.15) is 0 Å². The third-order valence-electron chi connectivity index (χ3n) is 2.15. The summed E-state index contributed by atoms with van der Waals surface area (Å²) in [6.07, 6.45) is 0.318. The molecule has 1 rings (SSSR count). The number of benzene rings is 1. The first-order valence-corrected chi connectivity index (χ1v) is 5.89. The molecule has 0 radical (unpaired) electrons. The van der Waals surface area contributed by atoms with E-state index in [1.54, 1.807) is 13.0 Å². The smallest absolute Gasteiger partial charge is 0.307 e. The van der Waals surface area contributed by atoms with Crippen LogP contribution in [0.25, 0.3) is 0 Å². The van der Waals surface area contributed by atoms with E-state index in [1.165, 1.54) is 6.92 Å². The maximum Gasteiger partial charge on any atom is 0.307 e.